The van der Waals surface area contributed by atoms with Crippen molar-refractivity contribution in [2.75, 3.05) is 0 Å². The molecule has 1 unspecified atom stereocenters. The number of carbonyl (C=O) groups is 1. The number of aliphatic hydroxyl groups is 1. The Kier molecular flexibility index (Phi) is 14.5. The van der Waals surface area contributed by atoms with Gasteiger partial charge in [0.05, 0.1) is 25.2 Å². The molecule has 6 heteroatoms. The van der Waals surface area contributed by atoms with Crippen LogP contribution in [0.2, 0.25) is 18.1 Å². The van der Waals surface area contributed by atoms with Crippen LogP contribution in [0.4, 0.5) is 0 Å². The van der Waals surface area contributed by atoms with Gasteiger partial charge in [0.25, 0.3) is 0 Å². The SMILES string of the molecule is CCCCCC(CC[C@@H]1[C@@H](CCC/C=C/CC(=O)O)[C@@H](OCc2ccccc2)C[C@H]1O)O[Si](C)(C)C(C)(C)C. The first-order chi connectivity index (χ1) is 18.4. The minimum atomic E-state index is -1.88. The molecular formula is C33H56O5Si. The fourth-order valence-corrected chi connectivity index (χ4v) is 6.98. The van der Waals surface area contributed by atoms with Crippen LogP contribution in [0.1, 0.15) is 104 Å². The smallest absolute Gasteiger partial charge is 0.307 e. The highest BCUT2D eigenvalue weighted by atomic mass is 28.4. The Bertz CT molecular complexity index is 847. The zero-order valence-electron chi connectivity index (χ0n) is 25.5. The van der Waals surface area contributed by atoms with Crippen molar-refractivity contribution < 1.29 is 24.2 Å². The molecule has 1 fully saturated rings. The molecule has 1 aromatic rings. The first kappa shape index (κ1) is 33.7. The largest absolute Gasteiger partial charge is 0.481 e. The topological polar surface area (TPSA) is 76.0 Å². The Balaban J connectivity index is 2.08. The maximum Gasteiger partial charge on any atom is 0.307 e. The molecule has 0 saturated heterocycles. The third-order valence-corrected chi connectivity index (χ3v) is 13.4. The second kappa shape index (κ2) is 16.7. The Hall–Kier alpha value is -1.47. The molecule has 1 aliphatic carbocycles. The molecule has 0 amide bonds. The number of hydrogen-bond donors (Lipinski definition) is 2. The molecule has 39 heavy (non-hydrogen) atoms. The van der Waals surface area contributed by atoms with Gasteiger partial charge in [-0.25, -0.2) is 0 Å². The van der Waals surface area contributed by atoms with Gasteiger partial charge >= 0.3 is 5.97 Å². The maximum atomic E-state index is 11.2. The van der Waals surface area contributed by atoms with Gasteiger partial charge in [-0.2, -0.15) is 0 Å². The first-order valence-electron chi connectivity index (χ1n) is 15.3. The lowest BCUT2D eigenvalue weighted by atomic mass is 9.84. The number of rotatable bonds is 18. The van der Waals surface area contributed by atoms with Crippen LogP contribution in [-0.4, -0.2) is 42.8 Å². The van der Waals surface area contributed by atoms with E-state index in [-0.39, 0.29) is 35.7 Å². The molecule has 2 rings (SSSR count). The second-order valence-electron chi connectivity index (χ2n) is 13.0. The van der Waals surface area contributed by atoms with E-state index in [1.165, 1.54) is 19.3 Å². The predicted molar refractivity (Wildman–Crippen MR) is 163 cm³/mol. The molecule has 0 spiro atoms. The number of aliphatic hydroxyl groups excluding tert-OH is 1. The van der Waals surface area contributed by atoms with Crippen LogP contribution in [-0.2, 0) is 20.6 Å². The van der Waals surface area contributed by atoms with E-state index in [2.05, 4.69) is 52.9 Å². The lowest BCUT2D eigenvalue weighted by molar-refractivity contribution is -0.136. The summed E-state index contributed by atoms with van der Waals surface area (Å²) < 4.78 is 13.4. The van der Waals surface area contributed by atoms with Crippen molar-refractivity contribution in [3.05, 3.63) is 48.0 Å². The fraction of sp³-hybridized carbons (Fsp3) is 0.727. The summed E-state index contributed by atoms with van der Waals surface area (Å²) in [5.74, 6) is -0.306. The molecule has 0 radical (unpaired) electrons. The van der Waals surface area contributed by atoms with Gasteiger partial charge < -0.3 is 19.4 Å². The molecule has 5 nitrogen and oxygen atoms in total. The van der Waals surface area contributed by atoms with Crippen LogP contribution in [0.3, 0.4) is 0 Å². The average molecular weight is 561 g/mol. The standard InChI is InChI=1S/C33H56O5Si/c1-7-8-12-19-27(38-39(5,6)33(2,3)4)22-23-28-29(20-15-9-10-16-21-32(35)36)31(24-30(28)34)37-25-26-17-13-11-14-18-26/h10-11,13-14,16-18,27-31,34H,7-9,12,15,19-25H2,1-6H3,(H,35,36)/b16-10+/t27?,28-,29-,30-,31+/m1/s1. The van der Waals surface area contributed by atoms with Gasteiger partial charge in [0.2, 0.25) is 0 Å². The minimum absolute atomic E-state index is 0.0352. The summed E-state index contributed by atoms with van der Waals surface area (Å²) in [5, 5.41) is 20.3. The molecule has 0 aromatic heterocycles. The van der Waals surface area contributed by atoms with E-state index in [0.29, 0.717) is 18.9 Å². The van der Waals surface area contributed by atoms with Gasteiger partial charge in [-0.3, -0.25) is 4.79 Å². The highest BCUT2D eigenvalue weighted by Crippen LogP contribution is 2.43. The molecular weight excluding hydrogens is 504 g/mol. The zero-order chi connectivity index (χ0) is 28.9. The zero-order valence-corrected chi connectivity index (χ0v) is 26.5. The van der Waals surface area contributed by atoms with Crippen LogP contribution >= 0.6 is 0 Å². The van der Waals surface area contributed by atoms with Crippen molar-refractivity contribution in [1.29, 1.82) is 0 Å². The van der Waals surface area contributed by atoms with Gasteiger partial charge in [-0.05, 0) is 74.1 Å². The summed E-state index contributed by atoms with van der Waals surface area (Å²) in [7, 11) is -1.88. The summed E-state index contributed by atoms with van der Waals surface area (Å²) in [6.45, 7) is 14.4. The summed E-state index contributed by atoms with van der Waals surface area (Å²) in [6.07, 6.45) is 13.9. The first-order valence-corrected chi connectivity index (χ1v) is 18.2. The van der Waals surface area contributed by atoms with E-state index < -0.39 is 14.3 Å². The summed E-state index contributed by atoms with van der Waals surface area (Å²) in [6, 6.07) is 10.3. The van der Waals surface area contributed by atoms with Gasteiger partial charge in [0.1, 0.15) is 0 Å². The molecule has 1 saturated carbocycles. The van der Waals surface area contributed by atoms with Gasteiger partial charge in [0.15, 0.2) is 8.32 Å². The van der Waals surface area contributed by atoms with E-state index in [1.807, 2.05) is 24.3 Å². The van der Waals surface area contributed by atoms with Crippen molar-refractivity contribution in [1.82, 2.24) is 0 Å². The summed E-state index contributed by atoms with van der Waals surface area (Å²) in [5.41, 5.74) is 1.16. The lowest BCUT2D eigenvalue weighted by Crippen LogP contribution is -2.44. The second-order valence-corrected chi connectivity index (χ2v) is 17.8. The van der Waals surface area contributed by atoms with Crippen molar-refractivity contribution in [3.8, 4) is 0 Å². The molecule has 222 valence electrons. The highest BCUT2D eigenvalue weighted by molar-refractivity contribution is 6.74. The number of ether oxygens (including phenoxy) is 1. The summed E-state index contributed by atoms with van der Waals surface area (Å²) in [4.78, 5) is 10.8. The molecule has 1 aliphatic rings. The van der Waals surface area contributed by atoms with E-state index in [1.54, 1.807) is 6.08 Å². The normalized spacial score (nSPS) is 22.9. The Labute approximate surface area is 239 Å². The van der Waals surface area contributed by atoms with Crippen molar-refractivity contribution in [2.45, 2.75) is 141 Å². The van der Waals surface area contributed by atoms with Gasteiger partial charge in [-0.15, -0.1) is 0 Å². The Morgan fingerprint density at radius 2 is 1.77 bits per heavy atom. The molecule has 2 N–H and O–H groups in total. The lowest BCUT2D eigenvalue weighted by Gasteiger charge is -2.40. The molecule has 0 aliphatic heterocycles. The quantitative estimate of drug-likeness (QED) is 0.107. The van der Waals surface area contributed by atoms with Crippen LogP contribution in [0.5, 0.6) is 0 Å². The number of hydrogen-bond acceptors (Lipinski definition) is 4. The molecule has 0 bridgehead atoms. The highest BCUT2D eigenvalue weighted by Gasteiger charge is 2.43. The maximum absolute atomic E-state index is 11.2. The Morgan fingerprint density at radius 1 is 1.05 bits per heavy atom. The minimum Gasteiger partial charge on any atom is -0.481 e. The summed E-state index contributed by atoms with van der Waals surface area (Å²) >= 11 is 0. The van der Waals surface area contributed by atoms with Crippen LogP contribution in [0.25, 0.3) is 0 Å². The van der Waals surface area contributed by atoms with E-state index >= 15 is 0 Å². The van der Waals surface area contributed by atoms with E-state index in [0.717, 1.165) is 44.1 Å². The van der Waals surface area contributed by atoms with Crippen molar-refractivity contribution in [3.63, 3.8) is 0 Å². The van der Waals surface area contributed by atoms with Crippen molar-refractivity contribution >= 4 is 14.3 Å². The van der Waals surface area contributed by atoms with E-state index in [9.17, 15) is 9.90 Å². The molecule has 0 heterocycles. The monoisotopic (exact) mass is 560 g/mol. The van der Waals surface area contributed by atoms with E-state index in [4.69, 9.17) is 14.3 Å². The molecule has 5 atom stereocenters. The average Bonchev–Trinajstić information content (AvgIpc) is 3.16. The number of aliphatic carboxylic acids is 1. The van der Waals surface area contributed by atoms with Gasteiger partial charge in [0, 0.05) is 12.5 Å². The number of allylic oxidation sites excluding steroid dienone is 1. The van der Waals surface area contributed by atoms with Crippen molar-refractivity contribution in [2.24, 2.45) is 11.8 Å². The van der Waals surface area contributed by atoms with Crippen LogP contribution < -0.4 is 0 Å². The third kappa shape index (κ3) is 11.9. The number of benzene rings is 1. The van der Waals surface area contributed by atoms with Gasteiger partial charge in [-0.1, -0.05) is 89.4 Å². The third-order valence-electron chi connectivity index (χ3n) is 8.89. The fourth-order valence-electron chi connectivity index (χ4n) is 5.55. The number of carboxylic acid groups (broad SMARTS) is 1. The number of carboxylic acids is 1. The predicted octanol–water partition coefficient (Wildman–Crippen LogP) is 8.52. The van der Waals surface area contributed by atoms with Crippen LogP contribution in [0.15, 0.2) is 42.5 Å². The number of unbranched alkanes of at least 4 members (excludes halogenated alkanes) is 3. The molecule has 1 aromatic carbocycles. The Morgan fingerprint density at radius 3 is 2.41 bits per heavy atom. The van der Waals surface area contributed by atoms with Crippen LogP contribution in [0, 0.1) is 11.8 Å².